The maximum Gasteiger partial charge on any atom is 0.123 e. The lowest BCUT2D eigenvalue weighted by molar-refractivity contribution is 0.414. The number of ether oxygens (including phenoxy) is 1. The lowest BCUT2D eigenvalue weighted by Crippen LogP contribution is -1.97. The molecule has 0 saturated carbocycles. The molecule has 14 heavy (non-hydrogen) atoms. The molecule has 1 aromatic carbocycles. The van der Waals surface area contributed by atoms with Gasteiger partial charge in [0.15, 0.2) is 0 Å². The summed E-state index contributed by atoms with van der Waals surface area (Å²) in [4.78, 5) is 0. The van der Waals surface area contributed by atoms with E-state index in [1.807, 2.05) is 31.2 Å². The Morgan fingerprint density at radius 2 is 1.93 bits per heavy atom. The van der Waals surface area contributed by atoms with Crippen LogP contribution < -0.4 is 4.74 Å². The molecule has 1 rings (SSSR count). The van der Waals surface area contributed by atoms with Crippen molar-refractivity contribution in [3.63, 3.8) is 0 Å². The second-order valence-corrected chi connectivity index (χ2v) is 3.09. The van der Waals surface area contributed by atoms with Crippen LogP contribution in [0.5, 0.6) is 5.75 Å². The Morgan fingerprint density at radius 1 is 1.36 bits per heavy atom. The standard InChI is InChI=1S/C12H15FO/c1-4-12(9(2)13)10-5-7-11(14-3)8-6-10/h4-9H,1-3H3/b12-4+. The van der Waals surface area contributed by atoms with Gasteiger partial charge in [0, 0.05) is 0 Å². The first-order valence-corrected chi connectivity index (χ1v) is 4.63. The molecule has 76 valence electrons. The molecule has 1 unspecified atom stereocenters. The van der Waals surface area contributed by atoms with Crippen molar-refractivity contribution in [2.45, 2.75) is 20.0 Å². The number of benzene rings is 1. The predicted molar refractivity (Wildman–Crippen MR) is 57.2 cm³/mol. The number of halogens is 1. The van der Waals surface area contributed by atoms with Gasteiger partial charge in [-0.1, -0.05) is 18.2 Å². The molecule has 0 aliphatic carbocycles. The molecule has 1 atom stereocenters. The summed E-state index contributed by atoms with van der Waals surface area (Å²) in [6.07, 6.45) is 0.861. The van der Waals surface area contributed by atoms with E-state index in [0.717, 1.165) is 11.3 Å². The van der Waals surface area contributed by atoms with Crippen molar-refractivity contribution in [2.75, 3.05) is 7.11 Å². The molecule has 0 heterocycles. The molecule has 0 aromatic heterocycles. The van der Waals surface area contributed by atoms with Gasteiger partial charge in [-0.3, -0.25) is 0 Å². The summed E-state index contributed by atoms with van der Waals surface area (Å²) in [6, 6.07) is 7.40. The molecular weight excluding hydrogens is 179 g/mol. The normalized spacial score (nSPS) is 13.9. The maximum absolute atomic E-state index is 13.1. The smallest absolute Gasteiger partial charge is 0.123 e. The van der Waals surface area contributed by atoms with Crippen LogP contribution in [0.3, 0.4) is 0 Å². The van der Waals surface area contributed by atoms with Crippen LogP contribution in [0, 0.1) is 0 Å². The van der Waals surface area contributed by atoms with Crippen LogP contribution in [0.15, 0.2) is 30.3 Å². The summed E-state index contributed by atoms with van der Waals surface area (Å²) in [5, 5.41) is 0. The fourth-order valence-corrected chi connectivity index (χ4v) is 1.41. The van der Waals surface area contributed by atoms with Crippen molar-refractivity contribution in [3.05, 3.63) is 35.9 Å². The van der Waals surface area contributed by atoms with Gasteiger partial charge in [-0.2, -0.15) is 0 Å². The Bertz CT molecular complexity index is 312. The highest BCUT2D eigenvalue weighted by atomic mass is 19.1. The minimum atomic E-state index is -0.937. The first-order valence-electron chi connectivity index (χ1n) is 4.63. The Hall–Kier alpha value is -1.31. The topological polar surface area (TPSA) is 9.23 Å². The predicted octanol–water partition coefficient (Wildman–Crippen LogP) is 3.46. The van der Waals surface area contributed by atoms with E-state index >= 15 is 0 Å². The zero-order valence-electron chi connectivity index (χ0n) is 8.75. The molecule has 0 radical (unpaired) electrons. The Kier molecular flexibility index (Phi) is 3.69. The fraction of sp³-hybridized carbons (Fsp3) is 0.333. The summed E-state index contributed by atoms with van der Waals surface area (Å²) >= 11 is 0. The number of hydrogen-bond acceptors (Lipinski definition) is 1. The third-order valence-corrected chi connectivity index (χ3v) is 2.16. The van der Waals surface area contributed by atoms with Crippen molar-refractivity contribution in [1.29, 1.82) is 0 Å². The van der Waals surface area contributed by atoms with E-state index < -0.39 is 6.17 Å². The van der Waals surface area contributed by atoms with Gasteiger partial charge < -0.3 is 4.74 Å². The molecule has 0 aliphatic heterocycles. The van der Waals surface area contributed by atoms with Crippen molar-refractivity contribution in [3.8, 4) is 5.75 Å². The van der Waals surface area contributed by atoms with Crippen LogP contribution in [-0.2, 0) is 0 Å². The van der Waals surface area contributed by atoms with E-state index in [-0.39, 0.29) is 0 Å². The van der Waals surface area contributed by atoms with E-state index in [1.165, 1.54) is 0 Å². The molecule has 0 fully saturated rings. The minimum absolute atomic E-state index is 0.715. The summed E-state index contributed by atoms with van der Waals surface area (Å²) < 4.78 is 18.2. The van der Waals surface area contributed by atoms with Gasteiger partial charge in [0.25, 0.3) is 0 Å². The molecule has 0 amide bonds. The average molecular weight is 194 g/mol. The molecule has 0 N–H and O–H groups in total. The lowest BCUT2D eigenvalue weighted by atomic mass is 10.0. The van der Waals surface area contributed by atoms with Gasteiger partial charge in [0.05, 0.1) is 7.11 Å². The first kappa shape index (κ1) is 10.8. The van der Waals surface area contributed by atoms with Crippen LogP contribution in [0.4, 0.5) is 4.39 Å². The molecule has 0 aliphatic rings. The van der Waals surface area contributed by atoms with Gasteiger partial charge in [-0.25, -0.2) is 4.39 Å². The third kappa shape index (κ3) is 2.34. The largest absolute Gasteiger partial charge is 0.497 e. The minimum Gasteiger partial charge on any atom is -0.497 e. The number of allylic oxidation sites excluding steroid dienone is 2. The summed E-state index contributed by atoms with van der Waals surface area (Å²) in [5.41, 5.74) is 1.62. The first-order chi connectivity index (χ1) is 6.69. The molecule has 0 spiro atoms. The highest BCUT2D eigenvalue weighted by Crippen LogP contribution is 2.22. The Labute approximate surface area is 84.2 Å². The fourth-order valence-electron chi connectivity index (χ4n) is 1.41. The van der Waals surface area contributed by atoms with Gasteiger partial charge in [0.1, 0.15) is 11.9 Å². The molecule has 0 bridgehead atoms. The van der Waals surface area contributed by atoms with Crippen molar-refractivity contribution in [1.82, 2.24) is 0 Å². The maximum atomic E-state index is 13.1. The summed E-state index contributed by atoms with van der Waals surface area (Å²) in [6.45, 7) is 3.38. The van der Waals surface area contributed by atoms with Crippen molar-refractivity contribution < 1.29 is 9.13 Å². The SMILES string of the molecule is C/C=C(/c1ccc(OC)cc1)C(C)F. The van der Waals surface area contributed by atoms with E-state index in [1.54, 1.807) is 20.1 Å². The van der Waals surface area contributed by atoms with Crippen molar-refractivity contribution >= 4 is 5.57 Å². The summed E-state index contributed by atoms with van der Waals surface area (Å²) in [5.74, 6) is 0.788. The van der Waals surface area contributed by atoms with Crippen molar-refractivity contribution in [2.24, 2.45) is 0 Å². The number of hydrogen-bond donors (Lipinski definition) is 0. The average Bonchev–Trinajstić information content (AvgIpc) is 2.19. The van der Waals surface area contributed by atoms with Crippen LogP contribution in [0.25, 0.3) is 5.57 Å². The summed E-state index contributed by atoms with van der Waals surface area (Å²) in [7, 11) is 1.61. The Balaban J connectivity index is 2.96. The van der Waals surface area contributed by atoms with Crippen LogP contribution in [0.2, 0.25) is 0 Å². The molecule has 2 heteroatoms. The van der Waals surface area contributed by atoms with E-state index in [4.69, 9.17) is 4.74 Å². The van der Waals surface area contributed by atoms with Crippen LogP contribution >= 0.6 is 0 Å². The van der Waals surface area contributed by atoms with Gasteiger partial charge >= 0.3 is 0 Å². The molecule has 0 saturated heterocycles. The number of methoxy groups -OCH3 is 1. The molecule has 1 nitrogen and oxygen atoms in total. The Morgan fingerprint density at radius 3 is 2.29 bits per heavy atom. The molecular formula is C12H15FO. The molecule has 1 aromatic rings. The van der Waals surface area contributed by atoms with Gasteiger partial charge in [-0.05, 0) is 37.1 Å². The number of alkyl halides is 1. The zero-order chi connectivity index (χ0) is 10.6. The van der Waals surface area contributed by atoms with Gasteiger partial charge in [-0.15, -0.1) is 0 Å². The second-order valence-electron chi connectivity index (χ2n) is 3.09. The van der Waals surface area contributed by atoms with Gasteiger partial charge in [0.2, 0.25) is 0 Å². The quantitative estimate of drug-likeness (QED) is 0.716. The highest BCUT2D eigenvalue weighted by molar-refractivity contribution is 5.68. The van der Waals surface area contributed by atoms with Crippen LogP contribution in [0.1, 0.15) is 19.4 Å². The monoisotopic (exact) mass is 194 g/mol. The van der Waals surface area contributed by atoms with E-state index in [0.29, 0.717) is 5.57 Å². The third-order valence-electron chi connectivity index (χ3n) is 2.16. The zero-order valence-corrected chi connectivity index (χ0v) is 8.75. The van der Waals surface area contributed by atoms with E-state index in [9.17, 15) is 4.39 Å². The second kappa shape index (κ2) is 4.80. The number of rotatable bonds is 3. The lowest BCUT2D eigenvalue weighted by Gasteiger charge is -2.08. The van der Waals surface area contributed by atoms with E-state index in [2.05, 4.69) is 0 Å². The van der Waals surface area contributed by atoms with Crippen LogP contribution in [-0.4, -0.2) is 13.3 Å². The highest BCUT2D eigenvalue weighted by Gasteiger charge is 2.07.